The molecule has 3 rings (SSSR count). The number of H-pyrrole nitrogens is 1. The first-order valence-corrected chi connectivity index (χ1v) is 10.7. The molecule has 0 saturated carbocycles. The molecule has 0 atom stereocenters. The predicted octanol–water partition coefficient (Wildman–Crippen LogP) is 5.14. The van der Waals surface area contributed by atoms with Gasteiger partial charge in [0.1, 0.15) is 11.3 Å². The SMILES string of the molecule is CCCCc1nc2c(N)nc3cc(CCCCCNC(C)(C)C)ccc3c2[nH]1. The van der Waals surface area contributed by atoms with Crippen LogP contribution < -0.4 is 11.1 Å². The molecule has 0 fully saturated rings. The summed E-state index contributed by atoms with van der Waals surface area (Å²) in [5.41, 5.74) is 10.5. The molecule has 5 heteroatoms. The Morgan fingerprint density at radius 2 is 1.86 bits per heavy atom. The number of rotatable bonds is 9. The number of benzene rings is 1. The fraction of sp³-hybridized carbons (Fsp3) is 0.565. The zero-order valence-corrected chi connectivity index (χ0v) is 17.9. The molecule has 0 spiro atoms. The van der Waals surface area contributed by atoms with Crippen molar-refractivity contribution < 1.29 is 0 Å². The fourth-order valence-corrected chi connectivity index (χ4v) is 3.58. The van der Waals surface area contributed by atoms with Gasteiger partial charge in [-0.15, -0.1) is 0 Å². The van der Waals surface area contributed by atoms with Gasteiger partial charge in [-0.05, 0) is 64.6 Å². The van der Waals surface area contributed by atoms with Crippen molar-refractivity contribution >= 4 is 27.8 Å². The van der Waals surface area contributed by atoms with E-state index in [4.69, 9.17) is 5.73 Å². The number of aromatic amines is 1. The first kappa shape index (κ1) is 20.6. The van der Waals surface area contributed by atoms with E-state index in [1.807, 2.05) is 0 Å². The van der Waals surface area contributed by atoms with Gasteiger partial charge in [0.05, 0.1) is 11.0 Å². The monoisotopic (exact) mass is 381 g/mol. The number of nitrogens with zero attached hydrogens (tertiary/aromatic N) is 2. The molecule has 0 aliphatic carbocycles. The number of aromatic nitrogens is 3. The third-order valence-corrected chi connectivity index (χ3v) is 5.13. The van der Waals surface area contributed by atoms with E-state index in [0.717, 1.165) is 60.0 Å². The van der Waals surface area contributed by atoms with E-state index in [0.29, 0.717) is 5.82 Å². The van der Waals surface area contributed by atoms with E-state index in [9.17, 15) is 0 Å². The van der Waals surface area contributed by atoms with E-state index in [2.05, 4.69) is 66.2 Å². The number of nitrogen functional groups attached to an aromatic ring is 1. The summed E-state index contributed by atoms with van der Waals surface area (Å²) >= 11 is 0. The average molecular weight is 382 g/mol. The van der Waals surface area contributed by atoms with Crippen molar-refractivity contribution in [2.24, 2.45) is 0 Å². The molecule has 4 N–H and O–H groups in total. The van der Waals surface area contributed by atoms with Crippen molar-refractivity contribution in [1.82, 2.24) is 20.3 Å². The van der Waals surface area contributed by atoms with Gasteiger partial charge in [-0.3, -0.25) is 0 Å². The fourth-order valence-electron chi connectivity index (χ4n) is 3.58. The number of pyridine rings is 1. The number of nitrogens with two attached hydrogens (primary N) is 1. The lowest BCUT2D eigenvalue weighted by molar-refractivity contribution is 0.417. The molecule has 0 amide bonds. The average Bonchev–Trinajstić information content (AvgIpc) is 3.07. The maximum atomic E-state index is 6.20. The highest BCUT2D eigenvalue weighted by atomic mass is 15.0. The number of anilines is 1. The predicted molar refractivity (Wildman–Crippen MR) is 120 cm³/mol. The number of hydrogen-bond donors (Lipinski definition) is 3. The summed E-state index contributed by atoms with van der Waals surface area (Å²) in [6.07, 6.45) is 7.95. The Morgan fingerprint density at radius 1 is 1.04 bits per heavy atom. The first-order chi connectivity index (χ1) is 13.4. The summed E-state index contributed by atoms with van der Waals surface area (Å²) in [6, 6.07) is 6.58. The number of nitrogens with one attached hydrogen (secondary N) is 2. The van der Waals surface area contributed by atoms with Crippen LogP contribution in [0.25, 0.3) is 21.9 Å². The number of unbranched alkanes of at least 4 members (excludes halogenated alkanes) is 3. The largest absolute Gasteiger partial charge is 0.382 e. The Hall–Kier alpha value is -2.14. The molecule has 0 bridgehead atoms. The molecular weight excluding hydrogens is 346 g/mol. The molecule has 2 aromatic heterocycles. The highest BCUT2D eigenvalue weighted by Crippen LogP contribution is 2.27. The third-order valence-electron chi connectivity index (χ3n) is 5.13. The summed E-state index contributed by atoms with van der Waals surface area (Å²) in [6.45, 7) is 9.91. The smallest absolute Gasteiger partial charge is 0.152 e. The van der Waals surface area contributed by atoms with E-state index >= 15 is 0 Å². The molecule has 0 unspecified atom stereocenters. The lowest BCUT2D eigenvalue weighted by atomic mass is 10.0. The highest BCUT2D eigenvalue weighted by molar-refractivity contribution is 6.06. The first-order valence-electron chi connectivity index (χ1n) is 10.7. The number of imidazole rings is 1. The second-order valence-electron chi connectivity index (χ2n) is 8.85. The van der Waals surface area contributed by atoms with Crippen LogP contribution in [0, 0.1) is 0 Å². The van der Waals surface area contributed by atoms with Crippen LogP contribution in [0.5, 0.6) is 0 Å². The van der Waals surface area contributed by atoms with Crippen molar-refractivity contribution in [2.75, 3.05) is 12.3 Å². The minimum atomic E-state index is 0.207. The Morgan fingerprint density at radius 3 is 2.61 bits per heavy atom. The van der Waals surface area contributed by atoms with E-state index < -0.39 is 0 Å². The van der Waals surface area contributed by atoms with Gasteiger partial charge >= 0.3 is 0 Å². The van der Waals surface area contributed by atoms with Crippen LogP contribution in [0.1, 0.15) is 71.2 Å². The number of hydrogen-bond acceptors (Lipinski definition) is 4. The van der Waals surface area contributed by atoms with Crippen LogP contribution in [0.3, 0.4) is 0 Å². The highest BCUT2D eigenvalue weighted by Gasteiger charge is 2.12. The Balaban J connectivity index is 1.67. The van der Waals surface area contributed by atoms with E-state index in [1.165, 1.54) is 24.8 Å². The van der Waals surface area contributed by atoms with Crippen LogP contribution >= 0.6 is 0 Å². The quantitative estimate of drug-likeness (QED) is 0.449. The standard InChI is InChI=1S/C23H35N5/c1-5-6-11-19-27-20-17-13-12-16(10-8-7-9-14-25-23(2,3)4)15-18(17)26-22(24)21(20)28-19/h12-13,15,25H,5-11,14H2,1-4H3,(H2,24,26)(H,27,28). The molecule has 152 valence electrons. The minimum absolute atomic E-state index is 0.207. The molecule has 1 aromatic carbocycles. The second kappa shape index (κ2) is 8.91. The molecule has 0 aliphatic heterocycles. The Bertz CT molecular complexity index is 920. The van der Waals surface area contributed by atoms with Crippen LogP contribution in [0.4, 0.5) is 5.82 Å². The van der Waals surface area contributed by atoms with Gasteiger partial charge in [-0.1, -0.05) is 31.9 Å². The summed E-state index contributed by atoms with van der Waals surface area (Å²) in [5.74, 6) is 1.53. The molecule has 28 heavy (non-hydrogen) atoms. The van der Waals surface area contributed by atoms with Crippen molar-refractivity contribution in [3.63, 3.8) is 0 Å². The van der Waals surface area contributed by atoms with Crippen molar-refractivity contribution in [3.05, 3.63) is 29.6 Å². The zero-order valence-electron chi connectivity index (χ0n) is 17.9. The van der Waals surface area contributed by atoms with Gasteiger partial charge < -0.3 is 16.0 Å². The van der Waals surface area contributed by atoms with E-state index in [-0.39, 0.29) is 5.54 Å². The van der Waals surface area contributed by atoms with Crippen LogP contribution in [0.2, 0.25) is 0 Å². The Labute approximate surface area is 168 Å². The summed E-state index contributed by atoms with van der Waals surface area (Å²) in [5, 5.41) is 4.66. The van der Waals surface area contributed by atoms with Crippen molar-refractivity contribution in [1.29, 1.82) is 0 Å². The lowest BCUT2D eigenvalue weighted by Crippen LogP contribution is -2.36. The van der Waals surface area contributed by atoms with Gasteiger partial charge in [0.15, 0.2) is 5.82 Å². The third kappa shape index (κ3) is 5.22. The minimum Gasteiger partial charge on any atom is -0.382 e. The van der Waals surface area contributed by atoms with Crippen LogP contribution in [0.15, 0.2) is 18.2 Å². The zero-order chi connectivity index (χ0) is 20.1. The van der Waals surface area contributed by atoms with Gasteiger partial charge in [0.2, 0.25) is 0 Å². The van der Waals surface area contributed by atoms with E-state index in [1.54, 1.807) is 0 Å². The molecular formula is C23H35N5. The molecule has 2 heterocycles. The van der Waals surface area contributed by atoms with Gasteiger partial charge in [0, 0.05) is 17.3 Å². The number of aryl methyl sites for hydroxylation is 2. The maximum absolute atomic E-state index is 6.20. The topological polar surface area (TPSA) is 79.6 Å². The van der Waals surface area contributed by atoms with Gasteiger partial charge in [0.25, 0.3) is 0 Å². The number of fused-ring (bicyclic) bond motifs is 3. The molecule has 0 aliphatic rings. The maximum Gasteiger partial charge on any atom is 0.152 e. The molecule has 3 aromatic rings. The van der Waals surface area contributed by atoms with Crippen molar-refractivity contribution in [2.45, 2.75) is 78.2 Å². The molecule has 0 saturated heterocycles. The molecule has 5 nitrogen and oxygen atoms in total. The summed E-state index contributed by atoms with van der Waals surface area (Å²) in [7, 11) is 0. The van der Waals surface area contributed by atoms with Crippen LogP contribution in [-0.2, 0) is 12.8 Å². The molecule has 0 radical (unpaired) electrons. The van der Waals surface area contributed by atoms with Gasteiger partial charge in [-0.2, -0.15) is 0 Å². The summed E-state index contributed by atoms with van der Waals surface area (Å²) < 4.78 is 0. The van der Waals surface area contributed by atoms with Crippen LogP contribution in [-0.4, -0.2) is 27.0 Å². The Kier molecular flexibility index (Phi) is 6.55. The summed E-state index contributed by atoms with van der Waals surface area (Å²) in [4.78, 5) is 12.8. The van der Waals surface area contributed by atoms with Gasteiger partial charge in [-0.25, -0.2) is 9.97 Å². The normalized spacial score (nSPS) is 12.3. The van der Waals surface area contributed by atoms with Crippen molar-refractivity contribution in [3.8, 4) is 0 Å². The second-order valence-corrected chi connectivity index (χ2v) is 8.85. The lowest BCUT2D eigenvalue weighted by Gasteiger charge is -2.20.